The molecule has 0 aliphatic heterocycles. The fourth-order valence-corrected chi connectivity index (χ4v) is 2.15. The van der Waals surface area contributed by atoms with Gasteiger partial charge in [0, 0.05) is 22.3 Å². The van der Waals surface area contributed by atoms with Crippen molar-refractivity contribution in [2.75, 3.05) is 12.0 Å². The minimum absolute atomic E-state index is 0.667. The van der Waals surface area contributed by atoms with Gasteiger partial charge in [0.1, 0.15) is 5.75 Å². The zero-order chi connectivity index (χ0) is 13.5. The second-order valence-electron chi connectivity index (χ2n) is 4.03. The number of hydrogen-bond acceptors (Lipinski definition) is 3. The molecule has 0 saturated carbocycles. The number of rotatable bonds is 6. The minimum Gasteiger partial charge on any atom is -0.494 e. The molecule has 0 spiro atoms. The summed E-state index contributed by atoms with van der Waals surface area (Å²) in [6.45, 7) is 3.34. The molecule has 0 bridgehead atoms. The SMILES string of the molecule is CCOc1ccc(Br)cc1CNNc1ccccc1. The lowest BCUT2D eigenvalue weighted by molar-refractivity contribution is 0.336. The summed E-state index contributed by atoms with van der Waals surface area (Å²) in [4.78, 5) is 0. The Hall–Kier alpha value is -1.52. The van der Waals surface area contributed by atoms with E-state index in [0.29, 0.717) is 13.2 Å². The Morgan fingerprint density at radius 3 is 2.63 bits per heavy atom. The maximum atomic E-state index is 5.61. The molecule has 3 nitrogen and oxygen atoms in total. The molecule has 0 aliphatic carbocycles. The van der Waals surface area contributed by atoms with Gasteiger partial charge in [0.15, 0.2) is 0 Å². The summed E-state index contributed by atoms with van der Waals surface area (Å²) in [5.41, 5.74) is 8.50. The molecular weight excluding hydrogens is 304 g/mol. The van der Waals surface area contributed by atoms with Crippen LogP contribution in [0.3, 0.4) is 0 Å². The van der Waals surface area contributed by atoms with Crippen molar-refractivity contribution in [1.82, 2.24) is 5.43 Å². The quantitative estimate of drug-likeness (QED) is 0.790. The molecule has 0 amide bonds. The third kappa shape index (κ3) is 4.26. The van der Waals surface area contributed by atoms with Crippen LogP contribution in [-0.4, -0.2) is 6.61 Å². The summed E-state index contributed by atoms with van der Waals surface area (Å²) < 4.78 is 6.65. The summed E-state index contributed by atoms with van der Waals surface area (Å²) in [5.74, 6) is 0.910. The van der Waals surface area contributed by atoms with E-state index in [-0.39, 0.29) is 0 Å². The van der Waals surface area contributed by atoms with Crippen LogP contribution >= 0.6 is 15.9 Å². The summed E-state index contributed by atoms with van der Waals surface area (Å²) in [6, 6.07) is 16.0. The first kappa shape index (κ1) is 13.9. The normalized spacial score (nSPS) is 10.2. The number of para-hydroxylation sites is 1. The predicted molar refractivity (Wildman–Crippen MR) is 82.2 cm³/mol. The third-order valence-corrected chi connectivity index (χ3v) is 3.10. The van der Waals surface area contributed by atoms with E-state index < -0.39 is 0 Å². The molecule has 0 radical (unpaired) electrons. The summed E-state index contributed by atoms with van der Waals surface area (Å²) in [6.07, 6.45) is 0. The molecule has 0 unspecified atom stereocenters. The Labute approximate surface area is 122 Å². The molecule has 4 heteroatoms. The van der Waals surface area contributed by atoms with Crippen molar-refractivity contribution in [2.24, 2.45) is 0 Å². The van der Waals surface area contributed by atoms with Crippen LogP contribution in [0.15, 0.2) is 53.0 Å². The van der Waals surface area contributed by atoms with E-state index in [1.165, 1.54) is 0 Å². The number of hydrazine groups is 1. The van der Waals surface area contributed by atoms with Crippen LogP contribution in [-0.2, 0) is 6.54 Å². The number of hydrogen-bond donors (Lipinski definition) is 2. The van der Waals surface area contributed by atoms with Gasteiger partial charge in [-0.2, -0.15) is 0 Å². The molecule has 2 aromatic rings. The average molecular weight is 321 g/mol. The van der Waals surface area contributed by atoms with Gasteiger partial charge in [-0.1, -0.05) is 34.1 Å². The molecule has 0 saturated heterocycles. The molecule has 19 heavy (non-hydrogen) atoms. The molecule has 0 aliphatic rings. The molecule has 0 atom stereocenters. The van der Waals surface area contributed by atoms with Gasteiger partial charge >= 0.3 is 0 Å². The topological polar surface area (TPSA) is 33.3 Å². The van der Waals surface area contributed by atoms with Crippen LogP contribution in [0, 0.1) is 0 Å². The van der Waals surface area contributed by atoms with Gasteiger partial charge in [-0.3, -0.25) is 0 Å². The van der Waals surface area contributed by atoms with E-state index in [9.17, 15) is 0 Å². The monoisotopic (exact) mass is 320 g/mol. The van der Waals surface area contributed by atoms with Gasteiger partial charge in [0.05, 0.1) is 6.61 Å². The highest BCUT2D eigenvalue weighted by Crippen LogP contribution is 2.23. The van der Waals surface area contributed by atoms with Crippen LogP contribution in [0.4, 0.5) is 5.69 Å². The smallest absolute Gasteiger partial charge is 0.123 e. The number of nitrogens with one attached hydrogen (secondary N) is 2. The van der Waals surface area contributed by atoms with E-state index in [2.05, 4.69) is 32.8 Å². The summed E-state index contributed by atoms with van der Waals surface area (Å²) >= 11 is 3.48. The highest BCUT2D eigenvalue weighted by molar-refractivity contribution is 9.10. The Morgan fingerprint density at radius 1 is 1.11 bits per heavy atom. The van der Waals surface area contributed by atoms with Crippen LogP contribution in [0.25, 0.3) is 0 Å². The average Bonchev–Trinajstić information content (AvgIpc) is 2.43. The van der Waals surface area contributed by atoms with Crippen molar-refractivity contribution in [3.63, 3.8) is 0 Å². The molecule has 0 heterocycles. The Morgan fingerprint density at radius 2 is 1.89 bits per heavy atom. The Bertz CT molecular complexity index is 517. The summed E-state index contributed by atoms with van der Waals surface area (Å²) in [5, 5.41) is 0. The standard InChI is InChI=1S/C15H17BrN2O/c1-2-19-15-9-8-13(16)10-12(15)11-17-18-14-6-4-3-5-7-14/h3-10,17-18H,2,11H2,1H3. The van der Waals surface area contributed by atoms with Crippen LogP contribution in [0.2, 0.25) is 0 Å². The molecular formula is C15H17BrN2O. The molecule has 0 aromatic heterocycles. The van der Waals surface area contributed by atoms with Gasteiger partial charge in [0.2, 0.25) is 0 Å². The lowest BCUT2D eigenvalue weighted by Crippen LogP contribution is -2.21. The van der Waals surface area contributed by atoms with Crippen LogP contribution in [0.5, 0.6) is 5.75 Å². The van der Waals surface area contributed by atoms with Gasteiger partial charge in [0.25, 0.3) is 0 Å². The van der Waals surface area contributed by atoms with Gasteiger partial charge in [-0.25, -0.2) is 5.43 Å². The fourth-order valence-electron chi connectivity index (χ4n) is 1.75. The molecule has 2 N–H and O–H groups in total. The van der Waals surface area contributed by atoms with Crippen molar-refractivity contribution in [3.05, 3.63) is 58.6 Å². The number of benzene rings is 2. The Balaban J connectivity index is 1.96. The largest absolute Gasteiger partial charge is 0.494 e. The number of halogens is 1. The second kappa shape index (κ2) is 7.16. The van der Waals surface area contributed by atoms with E-state index in [0.717, 1.165) is 21.5 Å². The zero-order valence-corrected chi connectivity index (χ0v) is 12.4. The van der Waals surface area contributed by atoms with Crippen molar-refractivity contribution < 1.29 is 4.74 Å². The van der Waals surface area contributed by atoms with Crippen molar-refractivity contribution >= 4 is 21.6 Å². The van der Waals surface area contributed by atoms with E-state index >= 15 is 0 Å². The van der Waals surface area contributed by atoms with E-state index in [1.807, 2.05) is 49.4 Å². The molecule has 0 fully saturated rings. The van der Waals surface area contributed by atoms with Gasteiger partial charge in [-0.15, -0.1) is 0 Å². The first-order valence-corrected chi connectivity index (χ1v) is 7.04. The molecule has 2 rings (SSSR count). The Kier molecular flexibility index (Phi) is 5.24. The highest BCUT2D eigenvalue weighted by Gasteiger charge is 2.03. The lowest BCUT2D eigenvalue weighted by atomic mass is 10.2. The fraction of sp³-hybridized carbons (Fsp3) is 0.200. The van der Waals surface area contributed by atoms with E-state index in [4.69, 9.17) is 4.74 Å². The lowest BCUT2D eigenvalue weighted by Gasteiger charge is -2.13. The van der Waals surface area contributed by atoms with Crippen LogP contribution < -0.4 is 15.6 Å². The first-order chi connectivity index (χ1) is 9.29. The maximum absolute atomic E-state index is 5.61. The third-order valence-electron chi connectivity index (χ3n) is 2.61. The summed E-state index contributed by atoms with van der Waals surface area (Å²) in [7, 11) is 0. The number of anilines is 1. The van der Waals surface area contributed by atoms with Crippen LogP contribution in [0.1, 0.15) is 12.5 Å². The second-order valence-corrected chi connectivity index (χ2v) is 4.95. The van der Waals surface area contributed by atoms with Crippen molar-refractivity contribution in [3.8, 4) is 5.75 Å². The van der Waals surface area contributed by atoms with Crippen molar-refractivity contribution in [2.45, 2.75) is 13.5 Å². The minimum atomic E-state index is 0.667. The maximum Gasteiger partial charge on any atom is 0.123 e. The molecule has 100 valence electrons. The highest BCUT2D eigenvalue weighted by atomic mass is 79.9. The zero-order valence-electron chi connectivity index (χ0n) is 10.8. The van der Waals surface area contributed by atoms with Gasteiger partial charge in [-0.05, 0) is 37.3 Å². The predicted octanol–water partition coefficient (Wildman–Crippen LogP) is 3.96. The number of ether oxygens (including phenoxy) is 1. The first-order valence-electron chi connectivity index (χ1n) is 6.24. The van der Waals surface area contributed by atoms with Crippen molar-refractivity contribution in [1.29, 1.82) is 0 Å². The molecule has 2 aromatic carbocycles. The van der Waals surface area contributed by atoms with E-state index in [1.54, 1.807) is 0 Å². The van der Waals surface area contributed by atoms with Gasteiger partial charge < -0.3 is 10.2 Å².